The molecular weight excluding hydrogens is 413 g/mol. The van der Waals surface area contributed by atoms with Gasteiger partial charge in [-0.05, 0) is 56.0 Å². The molecule has 0 heterocycles. The van der Waals surface area contributed by atoms with Crippen LogP contribution in [0.25, 0.3) is 0 Å². The molecule has 166 valence electrons. The van der Waals surface area contributed by atoms with Crippen molar-refractivity contribution in [3.8, 4) is 0 Å². The molecule has 32 heavy (non-hydrogen) atoms. The lowest BCUT2D eigenvalue weighted by Crippen LogP contribution is -2.49. The van der Waals surface area contributed by atoms with Crippen molar-refractivity contribution in [1.82, 2.24) is 0 Å². The summed E-state index contributed by atoms with van der Waals surface area (Å²) in [5.41, 5.74) is -0.0429. The number of carbonyl (C=O) groups excluding carboxylic acids is 3. The van der Waals surface area contributed by atoms with E-state index in [-0.39, 0.29) is 31.0 Å². The molecule has 0 amide bonds. The number of esters is 1. The van der Waals surface area contributed by atoms with E-state index in [0.717, 1.165) is 5.56 Å². The van der Waals surface area contributed by atoms with Crippen LogP contribution in [0.3, 0.4) is 0 Å². The maximum atomic E-state index is 13.4. The summed E-state index contributed by atoms with van der Waals surface area (Å²) in [6, 6.07) is 13.5. The molecular formula is C25H24FNO5. The second-order valence-electron chi connectivity index (χ2n) is 7.45. The first-order valence-electron chi connectivity index (χ1n) is 10.4. The number of nitrogens with one attached hydrogen (secondary N) is 1. The summed E-state index contributed by atoms with van der Waals surface area (Å²) < 4.78 is 24.5. The average Bonchev–Trinajstić information content (AvgIpc) is 3.25. The molecule has 0 bridgehead atoms. The van der Waals surface area contributed by atoms with Gasteiger partial charge in [0.25, 0.3) is 0 Å². The van der Waals surface area contributed by atoms with Crippen molar-refractivity contribution in [2.24, 2.45) is 5.41 Å². The topological polar surface area (TPSA) is 81.7 Å². The lowest BCUT2D eigenvalue weighted by atomic mass is 9.74. The van der Waals surface area contributed by atoms with Crippen molar-refractivity contribution in [2.45, 2.75) is 38.8 Å². The van der Waals surface area contributed by atoms with Gasteiger partial charge in [0.2, 0.25) is 5.76 Å². The number of hydrogen-bond acceptors (Lipinski definition) is 6. The second kappa shape index (κ2) is 10.6. The standard InChI is InChI=1S/C25H24FNO5/c1-2-31-24(30)25(14-6-9-19(25)15-28)23(27-21-12-10-20(26)11-13-21)22(16-29)32-17-18-7-4-3-5-8-18/h3-5,7-8,10-13,23,27H,2,6,9,14,17H2,1H3. The summed E-state index contributed by atoms with van der Waals surface area (Å²) in [6.45, 7) is 1.82. The van der Waals surface area contributed by atoms with Crippen LogP contribution >= 0.6 is 0 Å². The fraction of sp³-hybridized carbons (Fsp3) is 0.320. The Labute approximate surface area is 185 Å². The van der Waals surface area contributed by atoms with Crippen LogP contribution in [0.2, 0.25) is 0 Å². The molecule has 6 nitrogen and oxygen atoms in total. The summed E-state index contributed by atoms with van der Waals surface area (Å²) in [4.78, 5) is 37.1. The number of anilines is 1. The first kappa shape index (κ1) is 23.0. The summed E-state index contributed by atoms with van der Waals surface area (Å²) >= 11 is 0. The number of halogens is 1. The summed E-state index contributed by atoms with van der Waals surface area (Å²) in [6.07, 6.45) is 1.14. The van der Waals surface area contributed by atoms with Gasteiger partial charge in [-0.15, -0.1) is 0 Å². The van der Waals surface area contributed by atoms with Crippen molar-refractivity contribution in [1.29, 1.82) is 0 Å². The Balaban J connectivity index is 2.04. The molecule has 1 aliphatic carbocycles. The Morgan fingerprint density at radius 1 is 1.12 bits per heavy atom. The molecule has 2 aromatic carbocycles. The molecule has 0 radical (unpaired) electrons. The number of ether oxygens (including phenoxy) is 2. The van der Waals surface area contributed by atoms with Crippen molar-refractivity contribution >= 4 is 23.5 Å². The van der Waals surface area contributed by atoms with Gasteiger partial charge in [-0.1, -0.05) is 30.3 Å². The molecule has 1 fully saturated rings. The van der Waals surface area contributed by atoms with E-state index < -0.39 is 23.2 Å². The third kappa shape index (κ3) is 4.80. The highest BCUT2D eigenvalue weighted by molar-refractivity contribution is 5.88. The summed E-state index contributed by atoms with van der Waals surface area (Å²) in [5.74, 6) is 2.43. The Bertz CT molecular complexity index is 1040. The predicted molar refractivity (Wildman–Crippen MR) is 116 cm³/mol. The van der Waals surface area contributed by atoms with E-state index in [1.807, 2.05) is 36.3 Å². The minimum atomic E-state index is -1.49. The van der Waals surface area contributed by atoms with Gasteiger partial charge in [0.15, 0.2) is 5.94 Å². The Hall–Kier alpha value is -3.66. The first-order valence-corrected chi connectivity index (χ1v) is 10.4. The van der Waals surface area contributed by atoms with Crippen LogP contribution < -0.4 is 5.32 Å². The van der Waals surface area contributed by atoms with Gasteiger partial charge in [0, 0.05) is 11.3 Å². The molecule has 0 saturated heterocycles. The lowest BCUT2D eigenvalue weighted by molar-refractivity contribution is -0.153. The van der Waals surface area contributed by atoms with E-state index in [1.54, 1.807) is 12.9 Å². The zero-order chi connectivity index (χ0) is 23.0. The molecule has 0 spiro atoms. The quantitative estimate of drug-likeness (QED) is 0.362. The molecule has 2 unspecified atom stereocenters. The summed E-state index contributed by atoms with van der Waals surface area (Å²) in [5, 5.41) is 3.09. The van der Waals surface area contributed by atoms with E-state index in [0.29, 0.717) is 18.5 Å². The van der Waals surface area contributed by atoms with Crippen LogP contribution in [0.1, 0.15) is 31.7 Å². The van der Waals surface area contributed by atoms with E-state index in [4.69, 9.17) is 9.47 Å². The molecule has 7 heteroatoms. The van der Waals surface area contributed by atoms with Gasteiger partial charge in [0.05, 0.1) is 6.61 Å². The number of rotatable bonds is 9. The summed E-state index contributed by atoms with van der Waals surface area (Å²) in [7, 11) is 0. The second-order valence-corrected chi connectivity index (χ2v) is 7.45. The van der Waals surface area contributed by atoms with Crippen LogP contribution in [0, 0.1) is 11.2 Å². The lowest BCUT2D eigenvalue weighted by Gasteiger charge is -2.36. The minimum absolute atomic E-state index is 0.0616. The largest absolute Gasteiger partial charge is 0.480 e. The van der Waals surface area contributed by atoms with Crippen molar-refractivity contribution < 1.29 is 28.2 Å². The third-order valence-corrected chi connectivity index (χ3v) is 5.55. The Kier molecular flexibility index (Phi) is 7.61. The van der Waals surface area contributed by atoms with Crippen LogP contribution in [0.5, 0.6) is 0 Å². The molecule has 2 atom stereocenters. The minimum Gasteiger partial charge on any atom is -0.480 e. The molecule has 1 aliphatic rings. The van der Waals surface area contributed by atoms with Gasteiger partial charge in [0.1, 0.15) is 29.8 Å². The molecule has 1 saturated carbocycles. The predicted octanol–water partition coefficient (Wildman–Crippen LogP) is 4.03. The molecule has 0 aliphatic heterocycles. The highest BCUT2D eigenvalue weighted by atomic mass is 19.1. The van der Waals surface area contributed by atoms with Crippen molar-refractivity contribution in [3.63, 3.8) is 0 Å². The van der Waals surface area contributed by atoms with Gasteiger partial charge in [-0.2, -0.15) is 0 Å². The smallest absolute Gasteiger partial charge is 0.319 e. The van der Waals surface area contributed by atoms with Gasteiger partial charge >= 0.3 is 5.97 Å². The highest BCUT2D eigenvalue weighted by Crippen LogP contribution is 2.48. The maximum absolute atomic E-state index is 13.4. The highest BCUT2D eigenvalue weighted by Gasteiger charge is 2.56. The average molecular weight is 437 g/mol. The molecule has 2 aromatic rings. The van der Waals surface area contributed by atoms with E-state index in [1.165, 1.54) is 24.3 Å². The third-order valence-electron chi connectivity index (χ3n) is 5.55. The molecule has 0 aromatic heterocycles. The SMILES string of the molecule is CCOC(=O)C1(C(Nc2ccc(F)cc2)C(=C=O)OCc2ccccc2)CCCC1=C=O. The van der Waals surface area contributed by atoms with Gasteiger partial charge < -0.3 is 14.8 Å². The molecule has 3 rings (SSSR count). The van der Waals surface area contributed by atoms with Crippen LogP contribution in [0.4, 0.5) is 10.1 Å². The Morgan fingerprint density at radius 3 is 2.47 bits per heavy atom. The van der Waals surface area contributed by atoms with Crippen LogP contribution in [0.15, 0.2) is 65.9 Å². The zero-order valence-electron chi connectivity index (χ0n) is 17.7. The normalized spacial score (nSPS) is 18.2. The number of hydrogen-bond donors (Lipinski definition) is 1. The van der Waals surface area contributed by atoms with Crippen molar-refractivity contribution in [3.05, 3.63) is 77.3 Å². The number of carbonyl (C=O) groups is 1. The first-order chi connectivity index (χ1) is 15.5. The fourth-order valence-electron chi connectivity index (χ4n) is 4.01. The maximum Gasteiger partial charge on any atom is 0.319 e. The Morgan fingerprint density at radius 2 is 1.84 bits per heavy atom. The number of benzene rings is 2. The van der Waals surface area contributed by atoms with Gasteiger partial charge in [-0.25, -0.2) is 14.0 Å². The van der Waals surface area contributed by atoms with E-state index in [9.17, 15) is 18.8 Å². The molecule has 1 N–H and O–H groups in total. The monoisotopic (exact) mass is 437 g/mol. The van der Waals surface area contributed by atoms with Crippen LogP contribution in [-0.2, 0) is 30.5 Å². The van der Waals surface area contributed by atoms with E-state index in [2.05, 4.69) is 5.32 Å². The fourth-order valence-corrected chi connectivity index (χ4v) is 4.01. The van der Waals surface area contributed by atoms with Crippen molar-refractivity contribution in [2.75, 3.05) is 11.9 Å². The zero-order valence-corrected chi connectivity index (χ0v) is 17.7. The van der Waals surface area contributed by atoms with Crippen LogP contribution in [-0.4, -0.2) is 30.5 Å². The van der Waals surface area contributed by atoms with Gasteiger partial charge in [-0.3, -0.25) is 4.79 Å². The van der Waals surface area contributed by atoms with E-state index >= 15 is 0 Å².